The van der Waals surface area contributed by atoms with Gasteiger partial charge in [0.05, 0.1) is 5.92 Å². The summed E-state index contributed by atoms with van der Waals surface area (Å²) in [5, 5.41) is 2.91. The summed E-state index contributed by atoms with van der Waals surface area (Å²) in [5.74, 6) is -0.699. The van der Waals surface area contributed by atoms with Crippen molar-refractivity contribution in [2.24, 2.45) is 17.8 Å². The summed E-state index contributed by atoms with van der Waals surface area (Å²) in [6, 6.07) is 0. The van der Waals surface area contributed by atoms with E-state index < -0.39 is 17.1 Å². The van der Waals surface area contributed by atoms with Gasteiger partial charge < -0.3 is 5.32 Å². The molecule has 1 amide bonds. The van der Waals surface area contributed by atoms with Crippen LogP contribution in [-0.4, -0.2) is 17.1 Å². The zero-order valence-corrected chi connectivity index (χ0v) is 10.5. The Morgan fingerprint density at radius 3 is 2.20 bits per heavy atom. The number of rotatable bonds is 1. The lowest BCUT2D eigenvalue weighted by Crippen LogP contribution is -2.66. The van der Waals surface area contributed by atoms with E-state index in [9.17, 15) is 9.18 Å². The van der Waals surface area contributed by atoms with Crippen molar-refractivity contribution in [2.45, 2.75) is 52.8 Å². The first kappa shape index (κ1) is 12.5. The Bertz CT molecular complexity index is 271. The maximum atomic E-state index is 14.7. The first-order chi connectivity index (χ1) is 6.60. The van der Waals surface area contributed by atoms with Crippen LogP contribution in [0.1, 0.15) is 41.5 Å². The Balaban J connectivity index is 3.14. The Hall–Kier alpha value is -0.600. The van der Waals surface area contributed by atoms with Crippen LogP contribution in [0.5, 0.6) is 0 Å². The van der Waals surface area contributed by atoms with Gasteiger partial charge in [0.25, 0.3) is 0 Å². The number of halogens is 1. The van der Waals surface area contributed by atoms with Crippen LogP contribution in [0.2, 0.25) is 0 Å². The van der Waals surface area contributed by atoms with E-state index in [1.165, 1.54) is 0 Å². The minimum Gasteiger partial charge on any atom is -0.350 e. The van der Waals surface area contributed by atoms with Crippen LogP contribution in [0, 0.1) is 17.8 Å². The third-order valence-electron chi connectivity index (χ3n) is 3.74. The SMILES string of the molecule is CC(C)C1C(C)(C)NC(=O)C(C)C1(C)F. The third-order valence-corrected chi connectivity index (χ3v) is 3.74. The molecule has 3 atom stereocenters. The fraction of sp³-hybridized carbons (Fsp3) is 0.917. The number of hydrogen-bond acceptors (Lipinski definition) is 1. The Morgan fingerprint density at radius 1 is 1.33 bits per heavy atom. The fourth-order valence-electron chi connectivity index (χ4n) is 3.22. The van der Waals surface area contributed by atoms with Gasteiger partial charge in [0.2, 0.25) is 5.91 Å². The number of hydrogen-bond donors (Lipinski definition) is 1. The average Bonchev–Trinajstić information content (AvgIpc) is 1.97. The van der Waals surface area contributed by atoms with Gasteiger partial charge in [-0.1, -0.05) is 20.8 Å². The highest BCUT2D eigenvalue weighted by molar-refractivity contribution is 5.81. The summed E-state index contributed by atoms with van der Waals surface area (Å²) in [7, 11) is 0. The molecular formula is C12H22FNO. The van der Waals surface area contributed by atoms with E-state index >= 15 is 0 Å². The number of piperidine rings is 1. The largest absolute Gasteiger partial charge is 0.350 e. The number of carbonyl (C=O) groups excluding carboxylic acids is 1. The molecule has 0 aromatic carbocycles. The van der Waals surface area contributed by atoms with Crippen molar-refractivity contribution < 1.29 is 9.18 Å². The lowest BCUT2D eigenvalue weighted by atomic mass is 9.63. The molecular weight excluding hydrogens is 193 g/mol. The normalized spacial score (nSPS) is 40.4. The second-order valence-corrected chi connectivity index (χ2v) is 5.81. The van der Waals surface area contributed by atoms with Crippen LogP contribution >= 0.6 is 0 Å². The molecule has 88 valence electrons. The fourth-order valence-corrected chi connectivity index (χ4v) is 3.22. The first-order valence-electron chi connectivity index (χ1n) is 5.61. The standard InChI is InChI=1S/C12H22FNO/c1-7(2)9-11(4,5)14-10(15)8(3)12(9,6)13/h7-9H,1-6H3,(H,14,15). The minimum absolute atomic E-state index is 0.155. The molecule has 15 heavy (non-hydrogen) atoms. The van der Waals surface area contributed by atoms with E-state index in [0.717, 1.165) is 0 Å². The molecule has 0 saturated carbocycles. The van der Waals surface area contributed by atoms with Gasteiger partial charge in [-0.3, -0.25) is 4.79 Å². The zero-order chi connectivity index (χ0) is 12.0. The second kappa shape index (κ2) is 3.46. The van der Waals surface area contributed by atoms with Gasteiger partial charge in [-0.25, -0.2) is 4.39 Å². The van der Waals surface area contributed by atoms with Gasteiger partial charge in [-0.05, 0) is 26.7 Å². The molecule has 1 saturated heterocycles. The van der Waals surface area contributed by atoms with E-state index in [1.54, 1.807) is 13.8 Å². The molecule has 0 aromatic heterocycles. The molecule has 1 aliphatic rings. The predicted molar refractivity (Wildman–Crippen MR) is 59.2 cm³/mol. The maximum absolute atomic E-state index is 14.7. The summed E-state index contributed by atoms with van der Waals surface area (Å²) in [6.07, 6.45) is 0. The van der Waals surface area contributed by atoms with E-state index in [2.05, 4.69) is 5.32 Å². The van der Waals surface area contributed by atoms with Crippen LogP contribution in [-0.2, 0) is 4.79 Å². The van der Waals surface area contributed by atoms with Gasteiger partial charge in [-0.15, -0.1) is 0 Å². The van der Waals surface area contributed by atoms with Crippen LogP contribution in [0.4, 0.5) is 4.39 Å². The van der Waals surface area contributed by atoms with Crippen LogP contribution in [0.15, 0.2) is 0 Å². The molecule has 1 N–H and O–H groups in total. The minimum atomic E-state index is -1.43. The summed E-state index contributed by atoms with van der Waals surface area (Å²) < 4.78 is 14.7. The molecule has 0 aromatic rings. The molecule has 1 fully saturated rings. The summed E-state index contributed by atoms with van der Waals surface area (Å²) in [6.45, 7) is 11.0. The molecule has 0 radical (unpaired) electrons. The van der Waals surface area contributed by atoms with Gasteiger partial charge in [0.1, 0.15) is 5.67 Å². The lowest BCUT2D eigenvalue weighted by molar-refractivity contribution is -0.146. The molecule has 1 heterocycles. The monoisotopic (exact) mass is 215 g/mol. The van der Waals surface area contributed by atoms with Gasteiger partial charge in [0, 0.05) is 11.5 Å². The molecule has 3 unspecified atom stereocenters. The van der Waals surface area contributed by atoms with E-state index in [0.29, 0.717) is 0 Å². The molecule has 0 bridgehead atoms. The summed E-state index contributed by atoms with van der Waals surface area (Å²) in [5.41, 5.74) is -1.90. The number of amides is 1. The van der Waals surface area contributed by atoms with Crippen molar-refractivity contribution in [3.05, 3.63) is 0 Å². The third kappa shape index (κ3) is 1.88. The zero-order valence-electron chi connectivity index (χ0n) is 10.5. The Labute approximate surface area is 91.6 Å². The van der Waals surface area contributed by atoms with Crippen LogP contribution < -0.4 is 5.32 Å². The first-order valence-corrected chi connectivity index (χ1v) is 5.61. The predicted octanol–water partition coefficient (Wildman–Crippen LogP) is 2.53. The smallest absolute Gasteiger partial charge is 0.226 e. The molecule has 2 nitrogen and oxygen atoms in total. The lowest BCUT2D eigenvalue weighted by Gasteiger charge is -2.51. The topological polar surface area (TPSA) is 29.1 Å². The molecule has 0 aliphatic carbocycles. The van der Waals surface area contributed by atoms with Crippen molar-refractivity contribution in [3.63, 3.8) is 0 Å². The summed E-state index contributed by atoms with van der Waals surface area (Å²) in [4.78, 5) is 11.6. The number of alkyl halides is 1. The molecule has 1 rings (SSSR count). The highest BCUT2D eigenvalue weighted by Crippen LogP contribution is 2.44. The summed E-state index contributed by atoms with van der Waals surface area (Å²) >= 11 is 0. The van der Waals surface area contributed by atoms with Gasteiger partial charge in [0.15, 0.2) is 0 Å². The van der Waals surface area contributed by atoms with Crippen LogP contribution in [0.25, 0.3) is 0 Å². The molecule has 3 heteroatoms. The molecule has 0 spiro atoms. The van der Waals surface area contributed by atoms with E-state index in [4.69, 9.17) is 0 Å². The van der Waals surface area contributed by atoms with Crippen molar-refractivity contribution in [2.75, 3.05) is 0 Å². The van der Waals surface area contributed by atoms with Crippen molar-refractivity contribution in [1.29, 1.82) is 0 Å². The number of carbonyl (C=O) groups is 1. The van der Waals surface area contributed by atoms with Crippen molar-refractivity contribution in [1.82, 2.24) is 5.32 Å². The maximum Gasteiger partial charge on any atom is 0.226 e. The Morgan fingerprint density at radius 2 is 1.80 bits per heavy atom. The molecule has 1 aliphatic heterocycles. The van der Waals surface area contributed by atoms with E-state index in [-0.39, 0.29) is 17.7 Å². The quantitative estimate of drug-likeness (QED) is 0.715. The average molecular weight is 215 g/mol. The Kier molecular flexibility index (Phi) is 2.88. The van der Waals surface area contributed by atoms with Crippen molar-refractivity contribution in [3.8, 4) is 0 Å². The van der Waals surface area contributed by atoms with Crippen LogP contribution in [0.3, 0.4) is 0 Å². The second-order valence-electron chi connectivity index (χ2n) is 5.81. The van der Waals surface area contributed by atoms with Gasteiger partial charge in [-0.2, -0.15) is 0 Å². The number of nitrogens with one attached hydrogen (secondary N) is 1. The van der Waals surface area contributed by atoms with Crippen molar-refractivity contribution >= 4 is 5.91 Å². The highest BCUT2D eigenvalue weighted by Gasteiger charge is 2.55. The highest BCUT2D eigenvalue weighted by atomic mass is 19.1. The van der Waals surface area contributed by atoms with E-state index in [1.807, 2.05) is 27.7 Å². The van der Waals surface area contributed by atoms with Gasteiger partial charge >= 0.3 is 0 Å².